The van der Waals surface area contributed by atoms with Gasteiger partial charge in [0.25, 0.3) is 5.91 Å². The van der Waals surface area contributed by atoms with Crippen molar-refractivity contribution in [1.82, 2.24) is 4.90 Å². The number of alkyl halides is 1. The molecule has 1 aliphatic heterocycles. The molecule has 76 valence electrons. The molecule has 1 fully saturated rings. The van der Waals surface area contributed by atoms with Crippen LogP contribution < -0.4 is 0 Å². The number of amides is 1. The number of halogens is 1. The fourth-order valence-corrected chi connectivity index (χ4v) is 2.34. The number of nitrogens with zero attached hydrogens (tertiary/aromatic N) is 1. The van der Waals surface area contributed by atoms with Gasteiger partial charge >= 0.3 is 0 Å². The van der Waals surface area contributed by atoms with Crippen molar-refractivity contribution >= 4 is 21.8 Å². The van der Waals surface area contributed by atoms with Crippen LogP contribution in [0.2, 0.25) is 0 Å². The molecule has 0 N–H and O–H groups in total. The van der Waals surface area contributed by atoms with Crippen molar-refractivity contribution in [3.63, 3.8) is 0 Å². The molecule has 2 rings (SSSR count). The van der Waals surface area contributed by atoms with Gasteiger partial charge in [-0.15, -0.1) is 0 Å². The molecule has 0 aliphatic carbocycles. The standard InChI is InChI=1S/C10H12BrNO2/c11-8-3-1-5-12(7-8)10(13)9-4-2-6-14-9/h2,4,6,8H,1,3,5,7H2. The molecule has 1 aromatic rings. The molecule has 1 unspecified atom stereocenters. The fraction of sp³-hybridized carbons (Fsp3) is 0.500. The molecule has 1 amide bonds. The van der Waals surface area contributed by atoms with Crippen LogP contribution in [0.25, 0.3) is 0 Å². The maximum absolute atomic E-state index is 11.8. The smallest absolute Gasteiger partial charge is 0.289 e. The average Bonchev–Trinajstić information content (AvgIpc) is 2.69. The maximum atomic E-state index is 11.8. The minimum Gasteiger partial charge on any atom is -0.459 e. The molecule has 0 saturated carbocycles. The lowest BCUT2D eigenvalue weighted by Gasteiger charge is -2.29. The lowest BCUT2D eigenvalue weighted by Crippen LogP contribution is -2.40. The zero-order valence-corrected chi connectivity index (χ0v) is 9.37. The van der Waals surface area contributed by atoms with E-state index in [0.717, 1.165) is 25.9 Å². The monoisotopic (exact) mass is 257 g/mol. The number of rotatable bonds is 1. The van der Waals surface area contributed by atoms with E-state index in [1.54, 1.807) is 12.1 Å². The van der Waals surface area contributed by atoms with E-state index in [2.05, 4.69) is 15.9 Å². The first-order chi connectivity index (χ1) is 6.77. The number of hydrogen-bond acceptors (Lipinski definition) is 2. The van der Waals surface area contributed by atoms with Crippen LogP contribution in [0.5, 0.6) is 0 Å². The zero-order chi connectivity index (χ0) is 9.97. The second-order valence-electron chi connectivity index (χ2n) is 3.47. The van der Waals surface area contributed by atoms with Gasteiger partial charge in [0.1, 0.15) is 0 Å². The normalized spacial score (nSPS) is 22.4. The van der Waals surface area contributed by atoms with Crippen molar-refractivity contribution in [3.05, 3.63) is 24.2 Å². The molecule has 3 nitrogen and oxygen atoms in total. The first kappa shape index (κ1) is 9.77. The summed E-state index contributed by atoms with van der Waals surface area (Å²) in [5.41, 5.74) is 0. The fourth-order valence-electron chi connectivity index (χ4n) is 1.67. The second kappa shape index (κ2) is 4.17. The molecule has 0 radical (unpaired) electrons. The van der Waals surface area contributed by atoms with E-state index in [4.69, 9.17) is 4.42 Å². The van der Waals surface area contributed by atoms with Gasteiger partial charge in [0.05, 0.1) is 6.26 Å². The molecule has 0 aromatic carbocycles. The van der Waals surface area contributed by atoms with Crippen LogP contribution in [0, 0.1) is 0 Å². The molecule has 1 aliphatic rings. The van der Waals surface area contributed by atoms with Crippen LogP contribution in [0.15, 0.2) is 22.8 Å². The summed E-state index contributed by atoms with van der Waals surface area (Å²) in [6.07, 6.45) is 3.73. The number of hydrogen-bond donors (Lipinski definition) is 0. The van der Waals surface area contributed by atoms with Crippen molar-refractivity contribution in [2.75, 3.05) is 13.1 Å². The summed E-state index contributed by atoms with van der Waals surface area (Å²) in [6.45, 7) is 1.61. The van der Waals surface area contributed by atoms with E-state index in [1.807, 2.05) is 4.90 Å². The molecular formula is C10H12BrNO2. The molecular weight excluding hydrogens is 246 g/mol. The third-order valence-corrected chi connectivity index (χ3v) is 3.13. The molecule has 1 atom stereocenters. The van der Waals surface area contributed by atoms with Crippen molar-refractivity contribution in [3.8, 4) is 0 Å². The summed E-state index contributed by atoms with van der Waals surface area (Å²) in [5, 5.41) is 0. The third-order valence-electron chi connectivity index (χ3n) is 2.38. The van der Waals surface area contributed by atoms with Gasteiger partial charge in [0, 0.05) is 17.9 Å². The van der Waals surface area contributed by atoms with E-state index in [-0.39, 0.29) is 5.91 Å². The Balaban J connectivity index is 2.04. The highest BCUT2D eigenvalue weighted by Gasteiger charge is 2.24. The predicted octanol–water partition coefficient (Wildman–Crippen LogP) is 2.28. The van der Waals surface area contributed by atoms with Crippen LogP contribution in [0.3, 0.4) is 0 Å². The zero-order valence-electron chi connectivity index (χ0n) is 7.78. The summed E-state index contributed by atoms with van der Waals surface area (Å²) in [6, 6.07) is 3.45. The average molecular weight is 258 g/mol. The second-order valence-corrected chi connectivity index (χ2v) is 4.76. The number of piperidine rings is 1. The summed E-state index contributed by atoms with van der Waals surface area (Å²) in [4.78, 5) is 14.1. The topological polar surface area (TPSA) is 33.5 Å². The van der Waals surface area contributed by atoms with Crippen molar-refractivity contribution in [2.24, 2.45) is 0 Å². The molecule has 0 bridgehead atoms. The number of likely N-dealkylation sites (tertiary alicyclic amines) is 1. The van der Waals surface area contributed by atoms with E-state index in [9.17, 15) is 4.79 Å². The predicted molar refractivity (Wildman–Crippen MR) is 56.6 cm³/mol. The van der Waals surface area contributed by atoms with Crippen LogP contribution in [-0.2, 0) is 0 Å². The van der Waals surface area contributed by atoms with Gasteiger partial charge in [-0.2, -0.15) is 0 Å². The molecule has 1 aromatic heterocycles. The first-order valence-electron chi connectivity index (χ1n) is 4.74. The van der Waals surface area contributed by atoms with Gasteiger partial charge in [-0.3, -0.25) is 4.79 Å². The number of carbonyl (C=O) groups is 1. The lowest BCUT2D eigenvalue weighted by molar-refractivity contribution is 0.0698. The third kappa shape index (κ3) is 2.00. The Bertz CT molecular complexity index is 310. The van der Waals surface area contributed by atoms with Gasteiger partial charge in [0.15, 0.2) is 5.76 Å². The van der Waals surface area contributed by atoms with E-state index in [1.165, 1.54) is 6.26 Å². The Kier molecular flexibility index (Phi) is 2.91. The van der Waals surface area contributed by atoms with E-state index >= 15 is 0 Å². The Morgan fingerprint density at radius 1 is 1.64 bits per heavy atom. The van der Waals surface area contributed by atoms with Crippen molar-refractivity contribution in [1.29, 1.82) is 0 Å². The Hall–Kier alpha value is -0.770. The lowest BCUT2D eigenvalue weighted by atomic mass is 10.1. The van der Waals surface area contributed by atoms with Gasteiger partial charge in [-0.1, -0.05) is 15.9 Å². The Morgan fingerprint density at radius 3 is 3.14 bits per heavy atom. The van der Waals surface area contributed by atoms with E-state index < -0.39 is 0 Å². The Labute approximate surface area is 91.2 Å². The Morgan fingerprint density at radius 2 is 2.50 bits per heavy atom. The largest absolute Gasteiger partial charge is 0.459 e. The van der Waals surface area contributed by atoms with Crippen LogP contribution >= 0.6 is 15.9 Å². The summed E-state index contributed by atoms with van der Waals surface area (Å²) in [7, 11) is 0. The summed E-state index contributed by atoms with van der Waals surface area (Å²) in [5.74, 6) is 0.436. The maximum Gasteiger partial charge on any atom is 0.289 e. The van der Waals surface area contributed by atoms with E-state index in [0.29, 0.717) is 10.6 Å². The highest BCUT2D eigenvalue weighted by Crippen LogP contribution is 2.18. The van der Waals surface area contributed by atoms with Gasteiger partial charge in [0.2, 0.25) is 0 Å². The molecule has 2 heterocycles. The van der Waals surface area contributed by atoms with Crippen molar-refractivity contribution < 1.29 is 9.21 Å². The molecule has 4 heteroatoms. The highest BCUT2D eigenvalue weighted by atomic mass is 79.9. The minimum atomic E-state index is -0.000787. The SMILES string of the molecule is O=C(c1ccco1)N1CCCC(Br)C1. The number of furan rings is 1. The van der Waals surface area contributed by atoms with Crippen LogP contribution in [0.4, 0.5) is 0 Å². The summed E-state index contributed by atoms with van der Waals surface area (Å²) >= 11 is 3.54. The van der Waals surface area contributed by atoms with Crippen LogP contribution in [-0.4, -0.2) is 28.7 Å². The highest BCUT2D eigenvalue weighted by molar-refractivity contribution is 9.09. The van der Waals surface area contributed by atoms with Gasteiger partial charge in [-0.25, -0.2) is 0 Å². The minimum absolute atomic E-state index is 0.000787. The molecule has 1 saturated heterocycles. The first-order valence-corrected chi connectivity index (χ1v) is 5.66. The van der Waals surface area contributed by atoms with Gasteiger partial charge < -0.3 is 9.32 Å². The molecule has 0 spiro atoms. The van der Waals surface area contributed by atoms with Crippen molar-refractivity contribution in [2.45, 2.75) is 17.7 Å². The van der Waals surface area contributed by atoms with Gasteiger partial charge in [-0.05, 0) is 25.0 Å². The number of carbonyl (C=O) groups excluding carboxylic acids is 1. The quantitative estimate of drug-likeness (QED) is 0.724. The molecule has 14 heavy (non-hydrogen) atoms. The van der Waals surface area contributed by atoms with Crippen LogP contribution in [0.1, 0.15) is 23.4 Å². The summed E-state index contributed by atoms with van der Waals surface area (Å²) < 4.78 is 5.08.